The summed E-state index contributed by atoms with van der Waals surface area (Å²) in [6, 6.07) is 7.29. The minimum absolute atomic E-state index is 0.268. The number of phenols is 1. The van der Waals surface area contributed by atoms with Gasteiger partial charge in [0.1, 0.15) is 11.5 Å². The van der Waals surface area contributed by atoms with Crippen LogP contribution < -0.4 is 10.6 Å². The highest BCUT2D eigenvalue weighted by Gasteiger charge is 2.01. The Hall–Kier alpha value is -2.04. The van der Waals surface area contributed by atoms with Crippen LogP contribution in [0.1, 0.15) is 12.5 Å². The molecule has 0 saturated heterocycles. The highest BCUT2D eigenvalue weighted by Crippen LogP contribution is 2.14. The largest absolute Gasteiger partial charge is 0.508 e. The minimum atomic E-state index is 0.268. The Morgan fingerprint density at radius 1 is 1.24 bits per heavy atom. The molecule has 0 heterocycles. The number of aromatic hydroxyl groups is 1. The Labute approximate surface area is 126 Å². The predicted octanol–water partition coefficient (Wildman–Crippen LogP) is 2.65. The number of aliphatic hydroxyl groups excluding tert-OH is 1. The molecule has 1 aromatic rings. The van der Waals surface area contributed by atoms with E-state index < -0.39 is 0 Å². The van der Waals surface area contributed by atoms with Gasteiger partial charge < -0.3 is 20.8 Å². The van der Waals surface area contributed by atoms with Crippen LogP contribution >= 0.6 is 0 Å². The van der Waals surface area contributed by atoms with Crippen molar-refractivity contribution >= 4 is 0 Å². The number of aliphatic hydroxyl groups is 1. The highest BCUT2D eigenvalue weighted by atomic mass is 16.3. The fourth-order valence-electron chi connectivity index (χ4n) is 1.85. The molecule has 0 spiro atoms. The second-order valence-corrected chi connectivity index (χ2v) is 4.58. The van der Waals surface area contributed by atoms with E-state index in [9.17, 15) is 10.2 Å². The van der Waals surface area contributed by atoms with Crippen LogP contribution in [0.15, 0.2) is 60.4 Å². The number of hydrogen-bond acceptors (Lipinski definition) is 4. The van der Waals surface area contributed by atoms with Crippen LogP contribution in [0, 0.1) is 0 Å². The summed E-state index contributed by atoms with van der Waals surface area (Å²) in [5.41, 5.74) is 1.70. The smallest absolute Gasteiger partial charge is 0.120 e. The fraction of sp³-hybridized carbons (Fsp3) is 0.294. The normalized spacial score (nSPS) is 12.4. The average Bonchev–Trinajstić information content (AvgIpc) is 2.50. The minimum Gasteiger partial charge on any atom is -0.508 e. The van der Waals surface area contributed by atoms with E-state index >= 15 is 0 Å². The van der Waals surface area contributed by atoms with Gasteiger partial charge in [-0.2, -0.15) is 0 Å². The standard InChI is InChI=1S/C17H24N2O2/c1-3-7-14(16(20)4-2)12-18-10-11-19-13-15-8-5-6-9-17(15)21/h3-9,18-21H,1,10-13H2,2H3/b14-7-,16-4+. The maximum absolute atomic E-state index is 9.69. The molecule has 0 amide bonds. The molecule has 0 unspecified atom stereocenters. The maximum atomic E-state index is 9.69. The van der Waals surface area contributed by atoms with Gasteiger partial charge in [-0.1, -0.05) is 36.9 Å². The van der Waals surface area contributed by atoms with E-state index in [-0.39, 0.29) is 5.76 Å². The summed E-state index contributed by atoms with van der Waals surface area (Å²) in [4.78, 5) is 0. The van der Waals surface area contributed by atoms with Crippen LogP contribution in [0.5, 0.6) is 5.75 Å². The lowest BCUT2D eigenvalue weighted by atomic mass is 10.2. The summed E-state index contributed by atoms with van der Waals surface area (Å²) in [7, 11) is 0. The molecule has 0 saturated carbocycles. The van der Waals surface area contributed by atoms with E-state index in [0.717, 1.165) is 24.2 Å². The van der Waals surface area contributed by atoms with E-state index in [1.807, 2.05) is 18.2 Å². The molecule has 0 bridgehead atoms. The molecule has 4 N–H and O–H groups in total. The van der Waals surface area contributed by atoms with Crippen LogP contribution in [0.25, 0.3) is 0 Å². The van der Waals surface area contributed by atoms with Crippen molar-refractivity contribution in [3.05, 3.63) is 66.0 Å². The first-order valence-corrected chi connectivity index (χ1v) is 7.04. The van der Waals surface area contributed by atoms with E-state index in [1.165, 1.54) is 0 Å². The van der Waals surface area contributed by atoms with E-state index in [2.05, 4.69) is 17.2 Å². The fourth-order valence-corrected chi connectivity index (χ4v) is 1.85. The summed E-state index contributed by atoms with van der Waals surface area (Å²) in [5, 5.41) is 25.8. The van der Waals surface area contributed by atoms with Gasteiger partial charge in [0.05, 0.1) is 0 Å². The van der Waals surface area contributed by atoms with Crippen molar-refractivity contribution in [3.63, 3.8) is 0 Å². The Balaban J connectivity index is 2.24. The summed E-state index contributed by atoms with van der Waals surface area (Å²) in [5.74, 6) is 0.580. The summed E-state index contributed by atoms with van der Waals surface area (Å²) < 4.78 is 0. The average molecular weight is 288 g/mol. The molecule has 21 heavy (non-hydrogen) atoms. The van der Waals surface area contributed by atoms with Crippen molar-refractivity contribution in [1.29, 1.82) is 0 Å². The first kappa shape index (κ1) is 17.0. The quantitative estimate of drug-likeness (QED) is 0.320. The van der Waals surface area contributed by atoms with Crippen molar-refractivity contribution in [1.82, 2.24) is 10.6 Å². The molecule has 1 aromatic carbocycles. The molecule has 0 aromatic heterocycles. The third-order valence-electron chi connectivity index (χ3n) is 3.02. The number of phenolic OH excluding ortho intramolecular Hbond substituents is 1. The second kappa shape index (κ2) is 9.80. The van der Waals surface area contributed by atoms with E-state index in [1.54, 1.807) is 31.2 Å². The van der Waals surface area contributed by atoms with Gasteiger partial charge in [-0.05, 0) is 19.1 Å². The monoisotopic (exact) mass is 288 g/mol. The zero-order valence-corrected chi connectivity index (χ0v) is 12.5. The summed E-state index contributed by atoms with van der Waals surface area (Å²) >= 11 is 0. The van der Waals surface area contributed by atoms with E-state index in [0.29, 0.717) is 18.8 Å². The number of benzene rings is 1. The SMILES string of the molecule is C=C/C=C(CNCCNCc1ccccc1O)\C(O)=C/C. The number of rotatable bonds is 9. The van der Waals surface area contributed by atoms with Crippen LogP contribution in [0.3, 0.4) is 0 Å². The van der Waals surface area contributed by atoms with Gasteiger partial charge in [-0.3, -0.25) is 0 Å². The van der Waals surface area contributed by atoms with Gasteiger partial charge in [0, 0.05) is 37.3 Å². The number of hydrogen-bond donors (Lipinski definition) is 4. The maximum Gasteiger partial charge on any atom is 0.120 e. The van der Waals surface area contributed by atoms with Crippen molar-refractivity contribution < 1.29 is 10.2 Å². The van der Waals surface area contributed by atoms with Crippen LogP contribution in [-0.4, -0.2) is 29.8 Å². The van der Waals surface area contributed by atoms with Crippen molar-refractivity contribution in [2.24, 2.45) is 0 Å². The van der Waals surface area contributed by atoms with Crippen LogP contribution in [0.4, 0.5) is 0 Å². The molecule has 4 nitrogen and oxygen atoms in total. The molecule has 0 aliphatic rings. The zero-order valence-electron chi connectivity index (χ0n) is 12.5. The van der Waals surface area contributed by atoms with Crippen molar-refractivity contribution in [3.8, 4) is 5.75 Å². The third-order valence-corrected chi connectivity index (χ3v) is 3.02. The third kappa shape index (κ3) is 6.29. The molecule has 0 aliphatic heterocycles. The van der Waals surface area contributed by atoms with Crippen LogP contribution in [-0.2, 0) is 6.54 Å². The van der Waals surface area contributed by atoms with E-state index in [4.69, 9.17) is 0 Å². The topological polar surface area (TPSA) is 64.5 Å². The van der Waals surface area contributed by atoms with Gasteiger partial charge in [-0.25, -0.2) is 0 Å². The molecular formula is C17H24N2O2. The lowest BCUT2D eigenvalue weighted by molar-refractivity contribution is 0.417. The highest BCUT2D eigenvalue weighted by molar-refractivity contribution is 5.31. The molecule has 0 radical (unpaired) electrons. The molecule has 0 fully saturated rings. The summed E-state index contributed by atoms with van der Waals surface area (Å²) in [6.07, 6.45) is 5.11. The molecular weight excluding hydrogens is 264 g/mol. The summed E-state index contributed by atoms with van der Waals surface area (Å²) in [6.45, 7) is 8.18. The second-order valence-electron chi connectivity index (χ2n) is 4.58. The lowest BCUT2D eigenvalue weighted by Gasteiger charge is -2.09. The van der Waals surface area contributed by atoms with Gasteiger partial charge in [0.15, 0.2) is 0 Å². The van der Waals surface area contributed by atoms with Gasteiger partial charge in [0.2, 0.25) is 0 Å². The number of para-hydroxylation sites is 1. The predicted molar refractivity (Wildman–Crippen MR) is 87.3 cm³/mol. The first-order chi connectivity index (χ1) is 10.2. The van der Waals surface area contributed by atoms with Gasteiger partial charge >= 0.3 is 0 Å². The Morgan fingerprint density at radius 3 is 2.62 bits per heavy atom. The first-order valence-electron chi connectivity index (χ1n) is 7.04. The number of allylic oxidation sites excluding steroid dienone is 3. The molecule has 4 heteroatoms. The Morgan fingerprint density at radius 2 is 1.95 bits per heavy atom. The molecule has 114 valence electrons. The van der Waals surface area contributed by atoms with Crippen LogP contribution in [0.2, 0.25) is 0 Å². The molecule has 0 atom stereocenters. The Kier molecular flexibility index (Phi) is 7.94. The molecule has 0 aliphatic carbocycles. The van der Waals surface area contributed by atoms with Gasteiger partial charge in [0.25, 0.3) is 0 Å². The van der Waals surface area contributed by atoms with Crippen molar-refractivity contribution in [2.75, 3.05) is 19.6 Å². The van der Waals surface area contributed by atoms with Crippen molar-refractivity contribution in [2.45, 2.75) is 13.5 Å². The lowest BCUT2D eigenvalue weighted by Crippen LogP contribution is -2.28. The Bertz CT molecular complexity index is 507. The zero-order chi connectivity index (χ0) is 15.5. The van der Waals surface area contributed by atoms with Gasteiger partial charge in [-0.15, -0.1) is 0 Å². The number of nitrogens with one attached hydrogen (secondary N) is 2. The molecule has 1 rings (SSSR count).